The first-order valence-corrected chi connectivity index (χ1v) is 6.18. The monoisotopic (exact) mass is 211 g/mol. The number of rotatable bonds is 4. The predicted octanol–water partition coefficient (Wildman–Crippen LogP) is 1.85. The Balaban J connectivity index is 1.61. The van der Waals surface area contributed by atoms with Crippen molar-refractivity contribution in [3.05, 3.63) is 0 Å². The molecule has 0 radical (unpaired) electrons. The summed E-state index contributed by atoms with van der Waals surface area (Å²) in [6.07, 6.45) is 7.52. The van der Waals surface area contributed by atoms with E-state index in [0.717, 1.165) is 38.0 Å². The summed E-state index contributed by atoms with van der Waals surface area (Å²) in [4.78, 5) is 11.6. The van der Waals surface area contributed by atoms with Crippen molar-refractivity contribution >= 4 is 5.97 Å². The SMILES string of the molecule is NC1CCC(C(=O)OCCC2CC2)CC1. The van der Waals surface area contributed by atoms with E-state index in [1.807, 2.05) is 0 Å². The molecule has 15 heavy (non-hydrogen) atoms. The van der Waals surface area contributed by atoms with Gasteiger partial charge < -0.3 is 10.5 Å². The van der Waals surface area contributed by atoms with Crippen molar-refractivity contribution in [2.24, 2.45) is 17.6 Å². The lowest BCUT2D eigenvalue weighted by molar-refractivity contribution is -0.149. The highest BCUT2D eigenvalue weighted by Gasteiger charge is 2.26. The molecule has 3 heteroatoms. The van der Waals surface area contributed by atoms with Crippen molar-refractivity contribution in [3.8, 4) is 0 Å². The minimum absolute atomic E-state index is 0.0163. The van der Waals surface area contributed by atoms with Crippen LogP contribution in [0.3, 0.4) is 0 Å². The third-order valence-corrected chi connectivity index (χ3v) is 3.57. The Labute approximate surface area is 91.4 Å². The normalized spacial score (nSPS) is 31.3. The van der Waals surface area contributed by atoms with Gasteiger partial charge in [-0.05, 0) is 38.0 Å². The molecular weight excluding hydrogens is 190 g/mol. The van der Waals surface area contributed by atoms with Gasteiger partial charge in [-0.15, -0.1) is 0 Å². The number of esters is 1. The summed E-state index contributed by atoms with van der Waals surface area (Å²) < 4.78 is 5.29. The average molecular weight is 211 g/mol. The van der Waals surface area contributed by atoms with Crippen LogP contribution < -0.4 is 5.73 Å². The first kappa shape index (κ1) is 10.9. The van der Waals surface area contributed by atoms with Crippen molar-refractivity contribution in [2.75, 3.05) is 6.61 Å². The Morgan fingerprint density at radius 1 is 1.13 bits per heavy atom. The van der Waals surface area contributed by atoms with Crippen LogP contribution in [0.2, 0.25) is 0 Å². The molecule has 0 aromatic rings. The van der Waals surface area contributed by atoms with Gasteiger partial charge in [0.15, 0.2) is 0 Å². The maximum Gasteiger partial charge on any atom is 0.308 e. The molecule has 0 unspecified atom stereocenters. The van der Waals surface area contributed by atoms with Gasteiger partial charge in [0, 0.05) is 6.04 Å². The fourth-order valence-electron chi connectivity index (χ4n) is 2.21. The zero-order valence-electron chi connectivity index (χ0n) is 9.28. The molecule has 86 valence electrons. The van der Waals surface area contributed by atoms with Crippen LogP contribution in [0, 0.1) is 11.8 Å². The summed E-state index contributed by atoms with van der Waals surface area (Å²) in [5.74, 6) is 0.990. The molecule has 0 bridgehead atoms. The molecule has 0 saturated heterocycles. The van der Waals surface area contributed by atoms with E-state index in [1.165, 1.54) is 12.8 Å². The highest BCUT2D eigenvalue weighted by atomic mass is 16.5. The minimum atomic E-state index is 0.0163. The first-order chi connectivity index (χ1) is 7.25. The van der Waals surface area contributed by atoms with Gasteiger partial charge in [0.1, 0.15) is 0 Å². The Bertz CT molecular complexity index is 218. The number of nitrogens with two attached hydrogens (primary N) is 1. The molecule has 0 aliphatic heterocycles. The topological polar surface area (TPSA) is 52.3 Å². The van der Waals surface area contributed by atoms with Crippen molar-refractivity contribution in [1.82, 2.24) is 0 Å². The summed E-state index contributed by atoms with van der Waals surface area (Å²) >= 11 is 0. The maximum atomic E-state index is 11.6. The second-order valence-electron chi connectivity index (χ2n) is 5.01. The van der Waals surface area contributed by atoms with E-state index >= 15 is 0 Å². The molecule has 2 N–H and O–H groups in total. The zero-order chi connectivity index (χ0) is 10.7. The quantitative estimate of drug-likeness (QED) is 0.722. The van der Waals surface area contributed by atoms with Gasteiger partial charge in [-0.3, -0.25) is 4.79 Å². The second-order valence-corrected chi connectivity index (χ2v) is 5.01. The number of ether oxygens (including phenoxy) is 1. The van der Waals surface area contributed by atoms with Gasteiger partial charge in [-0.25, -0.2) is 0 Å². The van der Waals surface area contributed by atoms with E-state index in [9.17, 15) is 4.79 Å². The summed E-state index contributed by atoms with van der Waals surface area (Å²) in [6, 6.07) is 0.306. The Morgan fingerprint density at radius 2 is 1.80 bits per heavy atom. The van der Waals surface area contributed by atoms with Crippen LogP contribution in [0.25, 0.3) is 0 Å². The van der Waals surface area contributed by atoms with Crippen molar-refractivity contribution in [1.29, 1.82) is 0 Å². The first-order valence-electron chi connectivity index (χ1n) is 6.18. The fourth-order valence-corrected chi connectivity index (χ4v) is 2.21. The van der Waals surface area contributed by atoms with E-state index in [1.54, 1.807) is 0 Å². The molecule has 2 saturated carbocycles. The molecule has 0 amide bonds. The standard InChI is InChI=1S/C12H21NO2/c13-11-5-3-10(4-6-11)12(14)15-8-7-9-1-2-9/h9-11H,1-8,13H2. The van der Waals surface area contributed by atoms with Gasteiger partial charge in [0.05, 0.1) is 12.5 Å². The predicted molar refractivity (Wildman–Crippen MR) is 58.2 cm³/mol. The van der Waals surface area contributed by atoms with Crippen LogP contribution in [0.4, 0.5) is 0 Å². The van der Waals surface area contributed by atoms with Gasteiger partial charge in [-0.1, -0.05) is 12.8 Å². The molecule has 2 rings (SSSR count). The number of carbonyl (C=O) groups is 1. The van der Waals surface area contributed by atoms with Gasteiger partial charge in [0.25, 0.3) is 0 Å². The van der Waals surface area contributed by atoms with E-state index < -0.39 is 0 Å². The molecule has 0 spiro atoms. The molecule has 0 atom stereocenters. The highest BCUT2D eigenvalue weighted by molar-refractivity contribution is 5.72. The van der Waals surface area contributed by atoms with Crippen LogP contribution in [0.5, 0.6) is 0 Å². The van der Waals surface area contributed by atoms with Gasteiger partial charge in [-0.2, -0.15) is 0 Å². The summed E-state index contributed by atoms with van der Waals surface area (Å²) in [5, 5.41) is 0. The third kappa shape index (κ3) is 3.49. The van der Waals surface area contributed by atoms with Crippen LogP contribution >= 0.6 is 0 Å². The second kappa shape index (κ2) is 4.97. The Kier molecular flexibility index (Phi) is 3.62. The fraction of sp³-hybridized carbons (Fsp3) is 0.917. The van der Waals surface area contributed by atoms with Gasteiger partial charge >= 0.3 is 5.97 Å². The average Bonchev–Trinajstić information content (AvgIpc) is 3.02. The van der Waals surface area contributed by atoms with E-state index in [-0.39, 0.29) is 11.9 Å². The van der Waals surface area contributed by atoms with Crippen molar-refractivity contribution < 1.29 is 9.53 Å². The molecule has 2 aliphatic carbocycles. The Morgan fingerprint density at radius 3 is 2.40 bits per heavy atom. The van der Waals surface area contributed by atoms with Crippen LogP contribution in [-0.2, 0) is 9.53 Å². The van der Waals surface area contributed by atoms with E-state index in [0.29, 0.717) is 12.6 Å². The van der Waals surface area contributed by atoms with Crippen LogP contribution in [0.15, 0.2) is 0 Å². The zero-order valence-corrected chi connectivity index (χ0v) is 9.28. The van der Waals surface area contributed by atoms with E-state index in [4.69, 9.17) is 10.5 Å². The molecule has 0 aromatic carbocycles. The van der Waals surface area contributed by atoms with Crippen molar-refractivity contribution in [3.63, 3.8) is 0 Å². The summed E-state index contributed by atoms with van der Waals surface area (Å²) in [5.41, 5.74) is 5.79. The largest absolute Gasteiger partial charge is 0.465 e. The van der Waals surface area contributed by atoms with Crippen molar-refractivity contribution in [2.45, 2.75) is 51.0 Å². The highest BCUT2D eigenvalue weighted by Crippen LogP contribution is 2.32. The molecular formula is C12H21NO2. The Hall–Kier alpha value is -0.570. The minimum Gasteiger partial charge on any atom is -0.465 e. The smallest absolute Gasteiger partial charge is 0.308 e. The summed E-state index contributed by atoms with van der Waals surface area (Å²) in [6.45, 7) is 0.631. The molecule has 2 fully saturated rings. The van der Waals surface area contributed by atoms with Crippen LogP contribution in [0.1, 0.15) is 44.9 Å². The maximum absolute atomic E-state index is 11.6. The lowest BCUT2D eigenvalue weighted by atomic mass is 9.86. The molecule has 3 nitrogen and oxygen atoms in total. The lowest BCUT2D eigenvalue weighted by Crippen LogP contribution is -2.30. The third-order valence-electron chi connectivity index (χ3n) is 3.57. The summed E-state index contributed by atoms with van der Waals surface area (Å²) in [7, 11) is 0. The number of hydrogen-bond acceptors (Lipinski definition) is 3. The van der Waals surface area contributed by atoms with E-state index in [2.05, 4.69) is 0 Å². The van der Waals surface area contributed by atoms with Gasteiger partial charge in [0.2, 0.25) is 0 Å². The lowest BCUT2D eigenvalue weighted by Gasteiger charge is -2.24. The number of hydrogen-bond donors (Lipinski definition) is 1. The molecule has 0 aromatic heterocycles. The van der Waals surface area contributed by atoms with Crippen LogP contribution in [-0.4, -0.2) is 18.6 Å². The molecule has 2 aliphatic rings. The molecule has 0 heterocycles. The number of carbonyl (C=O) groups excluding carboxylic acids is 1.